The van der Waals surface area contributed by atoms with E-state index in [0.717, 1.165) is 37.3 Å². The van der Waals surface area contributed by atoms with Crippen LogP contribution < -0.4 is 10.0 Å². The van der Waals surface area contributed by atoms with Crippen LogP contribution in [0, 0.1) is 0 Å². The van der Waals surface area contributed by atoms with Crippen LogP contribution in [0.5, 0.6) is 0 Å². The molecule has 2 N–H and O–H groups in total. The van der Waals surface area contributed by atoms with Gasteiger partial charge < -0.3 is 5.32 Å². The molecule has 0 aromatic heterocycles. The molecule has 112 valence electrons. The molecule has 1 heterocycles. The van der Waals surface area contributed by atoms with Crippen LogP contribution in [-0.2, 0) is 10.2 Å². The van der Waals surface area contributed by atoms with Crippen LogP contribution >= 0.6 is 11.8 Å². The molecule has 0 amide bonds. The summed E-state index contributed by atoms with van der Waals surface area (Å²) in [4.78, 5) is 0. The fourth-order valence-corrected chi connectivity index (χ4v) is 4.50. The highest BCUT2D eigenvalue weighted by Crippen LogP contribution is 2.19. The Morgan fingerprint density at radius 3 is 2.68 bits per heavy atom. The summed E-state index contributed by atoms with van der Waals surface area (Å²) in [6.45, 7) is 1.48. The minimum absolute atomic E-state index is 0.107. The Morgan fingerprint density at radius 2 is 2.05 bits per heavy atom. The van der Waals surface area contributed by atoms with Crippen LogP contribution in [0.25, 0.3) is 0 Å². The first-order valence-electron chi connectivity index (χ1n) is 7.12. The Hall–Kier alpha value is 0.180. The molecule has 0 aromatic rings. The van der Waals surface area contributed by atoms with Crippen molar-refractivity contribution in [2.24, 2.45) is 0 Å². The van der Waals surface area contributed by atoms with Crippen LogP contribution in [0.3, 0.4) is 0 Å². The number of rotatable bonds is 8. The zero-order valence-electron chi connectivity index (χ0n) is 11.6. The normalized spacial score (nSPS) is 24.8. The Kier molecular flexibility index (Phi) is 5.95. The van der Waals surface area contributed by atoms with Crippen molar-refractivity contribution in [2.45, 2.75) is 44.2 Å². The molecule has 0 radical (unpaired) electrons. The van der Waals surface area contributed by atoms with Gasteiger partial charge in [-0.15, -0.1) is 0 Å². The molecule has 1 unspecified atom stereocenters. The highest BCUT2D eigenvalue weighted by Gasteiger charge is 2.24. The van der Waals surface area contributed by atoms with Gasteiger partial charge in [-0.1, -0.05) is 0 Å². The predicted octanol–water partition coefficient (Wildman–Crippen LogP) is 0.790. The first-order chi connectivity index (χ1) is 9.08. The summed E-state index contributed by atoms with van der Waals surface area (Å²) >= 11 is 1.83. The van der Waals surface area contributed by atoms with E-state index in [-0.39, 0.29) is 6.04 Å². The first kappa shape index (κ1) is 15.6. The average molecular weight is 307 g/mol. The van der Waals surface area contributed by atoms with Crippen molar-refractivity contribution in [1.29, 1.82) is 0 Å². The van der Waals surface area contributed by atoms with Gasteiger partial charge >= 0.3 is 0 Å². The lowest BCUT2D eigenvalue weighted by Crippen LogP contribution is -2.46. The van der Waals surface area contributed by atoms with E-state index < -0.39 is 10.2 Å². The van der Waals surface area contributed by atoms with Crippen LogP contribution in [0.4, 0.5) is 0 Å². The quantitative estimate of drug-likeness (QED) is 0.651. The fourth-order valence-electron chi connectivity index (χ4n) is 2.15. The lowest BCUT2D eigenvalue weighted by atomic mass is 10.2. The van der Waals surface area contributed by atoms with E-state index in [2.05, 4.69) is 10.0 Å². The molecule has 1 aliphatic heterocycles. The molecule has 2 rings (SSSR count). The standard InChI is InChI=1S/C12H25N3O2S2/c1-15(8-3-7-13-11-5-6-11)19(16,17)14-12-4-2-9-18-10-12/h11-14H,2-10H2,1H3. The highest BCUT2D eigenvalue weighted by atomic mass is 32.2. The van der Waals surface area contributed by atoms with Crippen molar-refractivity contribution in [2.75, 3.05) is 31.6 Å². The molecule has 1 atom stereocenters. The molecule has 0 bridgehead atoms. The third kappa shape index (κ3) is 5.59. The summed E-state index contributed by atoms with van der Waals surface area (Å²) < 4.78 is 28.5. The van der Waals surface area contributed by atoms with Gasteiger partial charge in [-0.05, 0) is 44.4 Å². The number of hydrogen-bond donors (Lipinski definition) is 2. The molecular weight excluding hydrogens is 282 g/mol. The molecule has 0 spiro atoms. The largest absolute Gasteiger partial charge is 0.314 e. The van der Waals surface area contributed by atoms with Crippen molar-refractivity contribution in [3.05, 3.63) is 0 Å². The second-order valence-electron chi connectivity index (χ2n) is 5.44. The minimum Gasteiger partial charge on any atom is -0.314 e. The first-order valence-corrected chi connectivity index (χ1v) is 9.72. The summed E-state index contributed by atoms with van der Waals surface area (Å²) in [5.74, 6) is 2.05. The molecule has 0 aromatic carbocycles. The van der Waals surface area contributed by atoms with E-state index >= 15 is 0 Å². The van der Waals surface area contributed by atoms with Crippen molar-refractivity contribution >= 4 is 22.0 Å². The molecule has 1 aliphatic carbocycles. The zero-order chi connectivity index (χ0) is 13.7. The van der Waals surface area contributed by atoms with Crippen molar-refractivity contribution in [3.63, 3.8) is 0 Å². The summed E-state index contributed by atoms with van der Waals surface area (Å²) in [5.41, 5.74) is 0. The summed E-state index contributed by atoms with van der Waals surface area (Å²) in [6.07, 6.45) is 5.48. The maximum Gasteiger partial charge on any atom is 0.279 e. The van der Waals surface area contributed by atoms with Gasteiger partial charge in [-0.2, -0.15) is 29.2 Å². The maximum absolute atomic E-state index is 12.1. The van der Waals surface area contributed by atoms with Crippen molar-refractivity contribution in [3.8, 4) is 0 Å². The van der Waals surface area contributed by atoms with E-state index in [4.69, 9.17) is 0 Å². The van der Waals surface area contributed by atoms with E-state index in [1.807, 2.05) is 11.8 Å². The Bertz CT molecular complexity index is 365. The third-order valence-corrected chi connectivity index (χ3v) is 6.40. The van der Waals surface area contributed by atoms with E-state index in [1.54, 1.807) is 7.05 Å². The SMILES string of the molecule is CN(CCCNC1CC1)S(=O)(=O)NC1CCCSC1. The molecule has 2 aliphatic rings. The molecule has 2 fully saturated rings. The molecule has 19 heavy (non-hydrogen) atoms. The second-order valence-corrected chi connectivity index (χ2v) is 8.40. The third-order valence-electron chi connectivity index (χ3n) is 3.55. The topological polar surface area (TPSA) is 61.4 Å². The highest BCUT2D eigenvalue weighted by molar-refractivity contribution is 7.99. The Labute approximate surface area is 121 Å². The van der Waals surface area contributed by atoms with Crippen LogP contribution in [0.2, 0.25) is 0 Å². The van der Waals surface area contributed by atoms with Gasteiger partial charge in [0.2, 0.25) is 0 Å². The molecule has 1 saturated carbocycles. The maximum atomic E-state index is 12.1. The van der Waals surface area contributed by atoms with Crippen LogP contribution in [0.1, 0.15) is 32.1 Å². The van der Waals surface area contributed by atoms with Crippen LogP contribution in [-0.4, -0.2) is 56.4 Å². The predicted molar refractivity (Wildman–Crippen MR) is 80.7 cm³/mol. The van der Waals surface area contributed by atoms with Gasteiger partial charge in [0.1, 0.15) is 0 Å². The van der Waals surface area contributed by atoms with Crippen molar-refractivity contribution < 1.29 is 8.42 Å². The number of nitrogens with zero attached hydrogens (tertiary/aromatic N) is 1. The minimum atomic E-state index is -3.30. The smallest absolute Gasteiger partial charge is 0.279 e. The van der Waals surface area contributed by atoms with E-state index in [0.29, 0.717) is 12.6 Å². The zero-order valence-corrected chi connectivity index (χ0v) is 13.2. The van der Waals surface area contributed by atoms with Gasteiger partial charge in [0.05, 0.1) is 0 Å². The van der Waals surface area contributed by atoms with Crippen LogP contribution in [0.15, 0.2) is 0 Å². The van der Waals surface area contributed by atoms with Gasteiger partial charge in [-0.3, -0.25) is 0 Å². The Morgan fingerprint density at radius 1 is 1.26 bits per heavy atom. The summed E-state index contributed by atoms with van der Waals surface area (Å²) in [5, 5.41) is 3.40. The van der Waals surface area contributed by atoms with Gasteiger partial charge in [-0.25, -0.2) is 0 Å². The summed E-state index contributed by atoms with van der Waals surface area (Å²) in [7, 11) is -1.64. The van der Waals surface area contributed by atoms with E-state index in [1.165, 1.54) is 17.1 Å². The number of hydrogen-bond acceptors (Lipinski definition) is 4. The monoisotopic (exact) mass is 307 g/mol. The van der Waals surface area contributed by atoms with Gasteiger partial charge in [0.15, 0.2) is 0 Å². The lowest BCUT2D eigenvalue weighted by Gasteiger charge is -2.25. The van der Waals surface area contributed by atoms with Gasteiger partial charge in [0.25, 0.3) is 10.2 Å². The van der Waals surface area contributed by atoms with Gasteiger partial charge in [0, 0.05) is 31.4 Å². The summed E-state index contributed by atoms with van der Waals surface area (Å²) in [6, 6.07) is 0.801. The lowest BCUT2D eigenvalue weighted by molar-refractivity contribution is 0.433. The number of thioether (sulfide) groups is 1. The van der Waals surface area contributed by atoms with E-state index in [9.17, 15) is 8.42 Å². The fraction of sp³-hybridized carbons (Fsp3) is 1.00. The average Bonchev–Trinajstić information content (AvgIpc) is 3.19. The second kappa shape index (κ2) is 7.26. The molecular formula is C12H25N3O2S2. The molecule has 1 saturated heterocycles. The molecule has 7 heteroatoms. The Balaban J connectivity index is 1.67. The number of nitrogens with one attached hydrogen (secondary N) is 2. The molecule has 5 nitrogen and oxygen atoms in total. The van der Waals surface area contributed by atoms with Crippen molar-refractivity contribution in [1.82, 2.24) is 14.3 Å².